The summed E-state index contributed by atoms with van der Waals surface area (Å²) in [6.45, 7) is 10.5. The molecule has 0 saturated carbocycles. The highest BCUT2D eigenvalue weighted by atomic mass is 127. The van der Waals surface area contributed by atoms with Crippen molar-refractivity contribution in [1.82, 2.24) is 0 Å². The minimum atomic E-state index is 0. The molecule has 0 amide bonds. The van der Waals surface area contributed by atoms with Gasteiger partial charge in [0.05, 0.1) is 26.7 Å². The lowest BCUT2D eigenvalue weighted by atomic mass is 10.4. The molecule has 0 aromatic rings. The van der Waals surface area contributed by atoms with Crippen LogP contribution in [0.5, 0.6) is 0 Å². The van der Waals surface area contributed by atoms with Gasteiger partial charge in [0.15, 0.2) is 0 Å². The number of quaternary nitrogens is 1. The average molecular weight is 243 g/mol. The third-order valence-electron chi connectivity index (χ3n) is 2.29. The molecule has 2 heteroatoms. The number of nitrogens with zero attached hydrogens (tertiary/aromatic N) is 1. The summed E-state index contributed by atoms with van der Waals surface area (Å²) in [5, 5.41) is 0. The lowest BCUT2D eigenvalue weighted by Crippen LogP contribution is -3.00. The van der Waals surface area contributed by atoms with Crippen molar-refractivity contribution in [3.8, 4) is 0 Å². The van der Waals surface area contributed by atoms with Crippen molar-refractivity contribution in [3.05, 3.63) is 0 Å². The van der Waals surface area contributed by atoms with Crippen molar-refractivity contribution in [1.29, 1.82) is 0 Å². The van der Waals surface area contributed by atoms with Gasteiger partial charge < -0.3 is 28.5 Å². The zero-order valence-electron chi connectivity index (χ0n) is 6.95. The Bertz CT molecular complexity index is 51.7. The van der Waals surface area contributed by atoms with Crippen molar-refractivity contribution in [2.45, 2.75) is 20.8 Å². The first-order valence-electron chi connectivity index (χ1n) is 3.52. The van der Waals surface area contributed by atoms with Gasteiger partial charge in [-0.15, -0.1) is 0 Å². The van der Waals surface area contributed by atoms with Gasteiger partial charge >= 0.3 is 0 Å². The van der Waals surface area contributed by atoms with Gasteiger partial charge in [0.25, 0.3) is 0 Å². The van der Waals surface area contributed by atoms with Crippen LogP contribution in [0.3, 0.4) is 0 Å². The molecule has 0 aliphatic heterocycles. The first-order valence-corrected chi connectivity index (χ1v) is 3.52. The normalized spacial score (nSPS) is 10.7. The molecule has 0 aliphatic rings. The SMILES string of the molecule is CC[N+](C)(CC)CC.[I-]. The van der Waals surface area contributed by atoms with Crippen LogP contribution < -0.4 is 24.0 Å². The summed E-state index contributed by atoms with van der Waals surface area (Å²) in [4.78, 5) is 0. The summed E-state index contributed by atoms with van der Waals surface area (Å²) in [6, 6.07) is 0. The molecular weight excluding hydrogens is 225 g/mol. The number of halogens is 1. The van der Waals surface area contributed by atoms with Gasteiger partial charge in [-0.25, -0.2) is 0 Å². The van der Waals surface area contributed by atoms with E-state index in [9.17, 15) is 0 Å². The summed E-state index contributed by atoms with van der Waals surface area (Å²) >= 11 is 0. The van der Waals surface area contributed by atoms with E-state index in [-0.39, 0.29) is 24.0 Å². The van der Waals surface area contributed by atoms with Crippen LogP contribution in [0.25, 0.3) is 0 Å². The minimum Gasteiger partial charge on any atom is -1.00 e. The highest BCUT2D eigenvalue weighted by molar-refractivity contribution is 4.24. The van der Waals surface area contributed by atoms with Crippen LogP contribution in [0.15, 0.2) is 0 Å². The Morgan fingerprint density at radius 2 is 1.11 bits per heavy atom. The summed E-state index contributed by atoms with van der Waals surface area (Å²) in [7, 11) is 2.29. The van der Waals surface area contributed by atoms with Crippen LogP contribution in [0, 0.1) is 0 Å². The van der Waals surface area contributed by atoms with Gasteiger partial charge in [-0.05, 0) is 20.8 Å². The zero-order chi connectivity index (χ0) is 6.62. The molecule has 0 fully saturated rings. The molecule has 0 spiro atoms. The number of rotatable bonds is 3. The summed E-state index contributed by atoms with van der Waals surface area (Å²) in [6.07, 6.45) is 0. The van der Waals surface area contributed by atoms with Crippen LogP contribution in [0.4, 0.5) is 0 Å². The summed E-state index contributed by atoms with van der Waals surface area (Å²) < 4.78 is 1.21. The third kappa shape index (κ3) is 4.14. The van der Waals surface area contributed by atoms with Crippen molar-refractivity contribution in [3.63, 3.8) is 0 Å². The average Bonchev–Trinajstić information content (AvgIpc) is 1.87. The molecular formula is C7H18IN. The second kappa shape index (κ2) is 5.47. The molecule has 0 heterocycles. The van der Waals surface area contributed by atoms with E-state index in [0.717, 1.165) is 0 Å². The van der Waals surface area contributed by atoms with Crippen LogP contribution >= 0.6 is 0 Å². The quantitative estimate of drug-likeness (QED) is 0.418. The largest absolute Gasteiger partial charge is 1.00 e. The van der Waals surface area contributed by atoms with Crippen molar-refractivity contribution < 1.29 is 28.5 Å². The van der Waals surface area contributed by atoms with Gasteiger partial charge in [-0.3, -0.25) is 0 Å². The van der Waals surface area contributed by atoms with E-state index in [1.165, 1.54) is 24.1 Å². The van der Waals surface area contributed by atoms with Gasteiger partial charge in [0, 0.05) is 0 Å². The molecule has 0 N–H and O–H groups in total. The van der Waals surface area contributed by atoms with Crippen molar-refractivity contribution in [2.75, 3.05) is 26.7 Å². The first kappa shape index (κ1) is 12.4. The third-order valence-corrected chi connectivity index (χ3v) is 2.29. The second-order valence-corrected chi connectivity index (χ2v) is 2.57. The number of hydrogen-bond acceptors (Lipinski definition) is 0. The van der Waals surface area contributed by atoms with Gasteiger partial charge in [0.1, 0.15) is 0 Å². The monoisotopic (exact) mass is 243 g/mol. The van der Waals surface area contributed by atoms with Gasteiger partial charge in [-0.2, -0.15) is 0 Å². The van der Waals surface area contributed by atoms with Crippen LogP contribution in [-0.2, 0) is 0 Å². The van der Waals surface area contributed by atoms with Crippen molar-refractivity contribution in [2.24, 2.45) is 0 Å². The maximum Gasteiger partial charge on any atom is 0.0755 e. The fraction of sp³-hybridized carbons (Fsp3) is 1.00. The smallest absolute Gasteiger partial charge is 0.0755 e. The molecule has 0 unspecified atom stereocenters. The molecule has 0 atom stereocenters. The summed E-state index contributed by atoms with van der Waals surface area (Å²) in [5.41, 5.74) is 0. The van der Waals surface area contributed by atoms with E-state index in [0.29, 0.717) is 0 Å². The highest BCUT2D eigenvalue weighted by Crippen LogP contribution is 1.97. The van der Waals surface area contributed by atoms with Crippen molar-refractivity contribution >= 4 is 0 Å². The van der Waals surface area contributed by atoms with Gasteiger partial charge in [0.2, 0.25) is 0 Å². The fourth-order valence-electron chi connectivity index (χ4n) is 0.671. The van der Waals surface area contributed by atoms with Crippen LogP contribution in [-0.4, -0.2) is 31.2 Å². The standard InChI is InChI=1S/C7H18N.HI/c1-5-8(4,6-2)7-3;/h5-7H2,1-4H3;1H/q+1;/p-1. The van der Waals surface area contributed by atoms with Crippen LogP contribution in [0.1, 0.15) is 20.8 Å². The molecule has 0 aromatic heterocycles. The van der Waals surface area contributed by atoms with Gasteiger partial charge in [-0.1, -0.05) is 0 Å². The maximum atomic E-state index is 2.29. The first-order chi connectivity index (χ1) is 3.68. The zero-order valence-corrected chi connectivity index (χ0v) is 9.10. The predicted octanol–water partition coefficient (Wildman–Crippen LogP) is -1.50. The minimum absolute atomic E-state index is 0. The molecule has 0 saturated heterocycles. The predicted molar refractivity (Wildman–Crippen MR) is 37.8 cm³/mol. The Kier molecular flexibility index (Phi) is 7.52. The van der Waals surface area contributed by atoms with Crippen LogP contribution in [0.2, 0.25) is 0 Å². The van der Waals surface area contributed by atoms with E-state index in [4.69, 9.17) is 0 Å². The lowest BCUT2D eigenvalue weighted by molar-refractivity contribution is -0.904. The maximum absolute atomic E-state index is 2.29. The Morgan fingerprint density at radius 3 is 1.11 bits per heavy atom. The molecule has 1 nitrogen and oxygen atoms in total. The Morgan fingerprint density at radius 1 is 0.889 bits per heavy atom. The molecule has 58 valence electrons. The Balaban J connectivity index is 0. The molecule has 0 aliphatic carbocycles. The number of hydrogen-bond donors (Lipinski definition) is 0. The summed E-state index contributed by atoms with van der Waals surface area (Å²) in [5.74, 6) is 0. The molecule has 0 radical (unpaired) electrons. The topological polar surface area (TPSA) is 0 Å². The Hall–Kier alpha value is 0.690. The second-order valence-electron chi connectivity index (χ2n) is 2.57. The molecule has 0 rings (SSSR count). The Labute approximate surface area is 76.0 Å². The lowest BCUT2D eigenvalue weighted by Gasteiger charge is -2.30. The fourth-order valence-corrected chi connectivity index (χ4v) is 0.671. The van der Waals surface area contributed by atoms with E-state index in [1.54, 1.807) is 0 Å². The van der Waals surface area contributed by atoms with E-state index < -0.39 is 0 Å². The highest BCUT2D eigenvalue weighted by Gasteiger charge is 2.10. The van der Waals surface area contributed by atoms with E-state index >= 15 is 0 Å². The van der Waals surface area contributed by atoms with E-state index in [1.807, 2.05) is 0 Å². The molecule has 9 heavy (non-hydrogen) atoms. The molecule has 0 bridgehead atoms. The van der Waals surface area contributed by atoms with E-state index in [2.05, 4.69) is 27.8 Å². The molecule has 0 aromatic carbocycles.